The fraction of sp³-hybridized carbons (Fsp3) is 0.526. The molecule has 1 aliphatic heterocycles. The van der Waals surface area contributed by atoms with E-state index in [9.17, 15) is 22.4 Å². The number of carbonyl (C=O) groups excluding carboxylic acids is 1. The molecule has 1 N–H and O–H groups in total. The highest BCUT2D eigenvalue weighted by atomic mass is 35.5. The van der Waals surface area contributed by atoms with Gasteiger partial charge in [0.1, 0.15) is 6.04 Å². The molecule has 1 aliphatic carbocycles. The van der Waals surface area contributed by atoms with Gasteiger partial charge in [0.25, 0.3) is 5.56 Å². The van der Waals surface area contributed by atoms with Crippen LogP contribution in [0, 0.1) is 11.0 Å². The molecule has 12 heteroatoms. The number of pyridine rings is 1. The van der Waals surface area contributed by atoms with Gasteiger partial charge in [-0.15, -0.1) is 0 Å². The first-order valence-electron chi connectivity index (χ1n) is 9.91. The SMILES string of the molecule is O=C(Nc1ncc(F)s1)[C@H](CC1CCOCC1)n1cc(Cl)c(S(=O)(=O)C2CC2)cc1=O. The summed E-state index contributed by atoms with van der Waals surface area (Å²) in [7, 11) is -3.67. The van der Waals surface area contributed by atoms with Gasteiger partial charge in [-0.05, 0) is 38.0 Å². The molecule has 1 atom stereocenters. The van der Waals surface area contributed by atoms with E-state index in [2.05, 4.69) is 10.3 Å². The van der Waals surface area contributed by atoms with Crippen LogP contribution in [-0.4, -0.2) is 42.3 Å². The zero-order valence-corrected chi connectivity index (χ0v) is 18.8. The van der Waals surface area contributed by atoms with Crippen LogP contribution in [0.2, 0.25) is 5.02 Å². The minimum absolute atomic E-state index is 0.0755. The quantitative estimate of drug-likeness (QED) is 0.640. The maximum Gasteiger partial charge on any atom is 0.252 e. The van der Waals surface area contributed by atoms with Gasteiger partial charge in [0, 0.05) is 25.5 Å². The van der Waals surface area contributed by atoms with E-state index in [1.807, 2.05) is 0 Å². The molecule has 2 aromatic heterocycles. The Morgan fingerprint density at radius 2 is 2.06 bits per heavy atom. The molecule has 0 radical (unpaired) electrons. The minimum atomic E-state index is -3.67. The van der Waals surface area contributed by atoms with Crippen LogP contribution < -0.4 is 10.9 Å². The van der Waals surface area contributed by atoms with Gasteiger partial charge in [0.15, 0.2) is 20.1 Å². The number of sulfone groups is 1. The predicted molar refractivity (Wildman–Crippen MR) is 114 cm³/mol. The molecule has 8 nitrogen and oxygen atoms in total. The number of nitrogens with zero attached hydrogens (tertiary/aromatic N) is 2. The number of hydrogen-bond acceptors (Lipinski definition) is 7. The maximum absolute atomic E-state index is 13.3. The van der Waals surface area contributed by atoms with Gasteiger partial charge in [0.2, 0.25) is 5.91 Å². The molecule has 2 fully saturated rings. The molecule has 1 amide bonds. The first kappa shape index (κ1) is 22.4. The maximum atomic E-state index is 13.3. The van der Waals surface area contributed by atoms with Crippen LogP contribution in [0.5, 0.6) is 0 Å². The summed E-state index contributed by atoms with van der Waals surface area (Å²) in [5, 5.41) is 1.46. The van der Waals surface area contributed by atoms with Crippen LogP contribution >= 0.6 is 22.9 Å². The number of carbonyl (C=O) groups is 1. The summed E-state index contributed by atoms with van der Waals surface area (Å²) in [6.07, 6.45) is 5.08. The average Bonchev–Trinajstić information content (AvgIpc) is 3.52. The van der Waals surface area contributed by atoms with E-state index in [1.54, 1.807) is 0 Å². The second kappa shape index (κ2) is 8.97. The third-order valence-electron chi connectivity index (χ3n) is 5.51. The molecule has 2 aliphatic rings. The Labute approximate surface area is 187 Å². The highest BCUT2D eigenvalue weighted by molar-refractivity contribution is 7.92. The molecular weight excluding hydrogens is 469 g/mol. The summed E-state index contributed by atoms with van der Waals surface area (Å²) in [6.45, 7) is 1.12. The van der Waals surface area contributed by atoms with Gasteiger partial charge < -0.3 is 14.6 Å². The van der Waals surface area contributed by atoms with Crippen molar-refractivity contribution in [1.82, 2.24) is 9.55 Å². The van der Waals surface area contributed by atoms with Gasteiger partial charge in [-0.1, -0.05) is 22.9 Å². The summed E-state index contributed by atoms with van der Waals surface area (Å²) >= 11 is 6.94. The van der Waals surface area contributed by atoms with E-state index < -0.39 is 37.7 Å². The fourth-order valence-corrected chi connectivity index (χ4v) is 6.41. The molecule has 1 saturated carbocycles. The number of halogens is 2. The van der Waals surface area contributed by atoms with Crippen molar-refractivity contribution < 1.29 is 22.3 Å². The predicted octanol–water partition coefficient (Wildman–Crippen LogP) is 3.03. The van der Waals surface area contributed by atoms with E-state index in [-0.39, 0.29) is 21.0 Å². The molecule has 31 heavy (non-hydrogen) atoms. The van der Waals surface area contributed by atoms with Crippen molar-refractivity contribution in [2.75, 3.05) is 18.5 Å². The number of nitrogens with one attached hydrogen (secondary N) is 1. The third-order valence-corrected chi connectivity index (χ3v) is 8.92. The van der Waals surface area contributed by atoms with Crippen LogP contribution in [0.3, 0.4) is 0 Å². The van der Waals surface area contributed by atoms with Crippen molar-refractivity contribution in [3.8, 4) is 0 Å². The molecule has 4 rings (SSSR count). The highest BCUT2D eigenvalue weighted by Gasteiger charge is 2.39. The van der Waals surface area contributed by atoms with Crippen LogP contribution in [-0.2, 0) is 19.4 Å². The Kier molecular flexibility index (Phi) is 6.47. The van der Waals surface area contributed by atoms with Crippen molar-refractivity contribution in [2.45, 2.75) is 48.3 Å². The monoisotopic (exact) mass is 489 g/mol. The minimum Gasteiger partial charge on any atom is -0.381 e. The summed E-state index contributed by atoms with van der Waals surface area (Å²) in [6, 6.07) is 0.0290. The molecule has 0 unspecified atom stereocenters. The fourth-order valence-electron chi connectivity index (χ4n) is 3.67. The van der Waals surface area contributed by atoms with E-state index in [1.165, 1.54) is 6.20 Å². The van der Waals surface area contributed by atoms with Gasteiger partial charge in [-0.2, -0.15) is 4.39 Å². The van der Waals surface area contributed by atoms with Crippen LogP contribution in [0.4, 0.5) is 9.52 Å². The van der Waals surface area contributed by atoms with Crippen LogP contribution in [0.25, 0.3) is 0 Å². The standard InChI is InChI=1S/C19H21ClFN3O5S2/c20-13-10-24(17(25)8-15(13)31(27,28)12-1-2-12)14(7-11-3-5-29-6-4-11)18(26)23-19-22-9-16(21)30-19/h8-12,14H,1-7H2,(H,22,23,26)/t14-/m0/s1. The summed E-state index contributed by atoms with van der Waals surface area (Å²) in [5.41, 5.74) is -0.638. The number of ether oxygens (including phenoxy) is 1. The lowest BCUT2D eigenvalue weighted by molar-refractivity contribution is -0.120. The number of rotatable bonds is 7. The third kappa shape index (κ3) is 5.00. The van der Waals surface area contributed by atoms with Gasteiger partial charge in [-0.3, -0.25) is 9.59 Å². The molecular formula is C19H21ClFN3O5S2. The molecule has 1 saturated heterocycles. The first-order valence-corrected chi connectivity index (χ1v) is 12.7. The molecule has 0 bridgehead atoms. The lowest BCUT2D eigenvalue weighted by atomic mass is 9.92. The van der Waals surface area contributed by atoms with Crippen LogP contribution in [0.15, 0.2) is 28.2 Å². The van der Waals surface area contributed by atoms with E-state index in [0.717, 1.165) is 29.7 Å². The van der Waals surface area contributed by atoms with E-state index in [0.29, 0.717) is 43.8 Å². The topological polar surface area (TPSA) is 107 Å². The second-order valence-corrected chi connectivity index (χ2v) is 11.3. The summed E-state index contributed by atoms with van der Waals surface area (Å²) < 4.78 is 44.9. The van der Waals surface area contributed by atoms with Gasteiger partial charge in [0.05, 0.1) is 21.4 Å². The van der Waals surface area contributed by atoms with E-state index >= 15 is 0 Å². The zero-order valence-electron chi connectivity index (χ0n) is 16.4. The smallest absolute Gasteiger partial charge is 0.252 e. The Morgan fingerprint density at radius 3 is 2.68 bits per heavy atom. The van der Waals surface area contributed by atoms with Crippen molar-refractivity contribution in [3.05, 3.63) is 39.0 Å². The number of thiazole rings is 1. The largest absolute Gasteiger partial charge is 0.381 e. The van der Waals surface area contributed by atoms with Crippen molar-refractivity contribution in [2.24, 2.45) is 5.92 Å². The number of hydrogen-bond donors (Lipinski definition) is 1. The Balaban J connectivity index is 1.67. The first-order chi connectivity index (χ1) is 14.8. The molecule has 0 spiro atoms. The highest BCUT2D eigenvalue weighted by Crippen LogP contribution is 2.36. The van der Waals surface area contributed by atoms with Gasteiger partial charge >= 0.3 is 0 Å². The van der Waals surface area contributed by atoms with Gasteiger partial charge in [-0.25, -0.2) is 13.4 Å². The average molecular weight is 490 g/mol. The zero-order chi connectivity index (χ0) is 22.2. The Morgan fingerprint density at radius 1 is 1.35 bits per heavy atom. The van der Waals surface area contributed by atoms with Crippen molar-refractivity contribution in [3.63, 3.8) is 0 Å². The van der Waals surface area contributed by atoms with E-state index in [4.69, 9.17) is 16.3 Å². The molecule has 168 valence electrons. The lowest BCUT2D eigenvalue weighted by Crippen LogP contribution is -2.35. The van der Waals surface area contributed by atoms with Crippen molar-refractivity contribution in [1.29, 1.82) is 0 Å². The second-order valence-electron chi connectivity index (χ2n) is 7.74. The molecule has 3 heterocycles. The Bertz CT molecular complexity index is 1140. The number of amides is 1. The Hall–Kier alpha value is -1.82. The summed E-state index contributed by atoms with van der Waals surface area (Å²) in [5.74, 6) is -0.421. The normalized spacial score (nSPS) is 18.6. The number of aromatic nitrogens is 2. The van der Waals surface area contributed by atoms with Crippen molar-refractivity contribution >= 4 is 43.8 Å². The molecule has 2 aromatic rings. The number of anilines is 1. The van der Waals surface area contributed by atoms with Crippen LogP contribution in [0.1, 0.15) is 38.1 Å². The molecule has 0 aromatic carbocycles. The summed E-state index contributed by atoms with van der Waals surface area (Å²) in [4.78, 5) is 29.5. The lowest BCUT2D eigenvalue weighted by Gasteiger charge is -2.27.